The number of nitrogens with one attached hydrogen (secondary N) is 2. The fraction of sp³-hybridized carbons (Fsp3) is 0.167. The van der Waals surface area contributed by atoms with Gasteiger partial charge in [-0.05, 0) is 56.2 Å². The first-order chi connectivity index (χ1) is 11.5. The van der Waals surface area contributed by atoms with Crippen molar-refractivity contribution in [2.24, 2.45) is 0 Å². The number of benzene rings is 2. The molecule has 0 saturated carbocycles. The maximum atomic E-state index is 13.0. The van der Waals surface area contributed by atoms with Crippen molar-refractivity contribution in [3.8, 4) is 0 Å². The summed E-state index contributed by atoms with van der Waals surface area (Å²) in [4.78, 5) is 4.40. The number of halogens is 1. The van der Waals surface area contributed by atoms with Crippen molar-refractivity contribution in [3.63, 3.8) is 0 Å². The van der Waals surface area contributed by atoms with Gasteiger partial charge in [0.2, 0.25) is 5.95 Å². The first-order valence-corrected chi connectivity index (χ1v) is 7.58. The molecule has 6 heteroatoms. The summed E-state index contributed by atoms with van der Waals surface area (Å²) in [5.74, 6) is 0.646. The number of aryl methyl sites for hydroxylation is 3. The molecule has 0 spiro atoms. The zero-order valence-corrected chi connectivity index (χ0v) is 13.8. The van der Waals surface area contributed by atoms with Crippen molar-refractivity contribution in [3.05, 3.63) is 65.1 Å². The van der Waals surface area contributed by atoms with Gasteiger partial charge in [0.1, 0.15) is 5.82 Å². The minimum Gasteiger partial charge on any atom is -0.339 e. The highest BCUT2D eigenvalue weighted by Gasteiger charge is 2.07. The molecule has 5 nitrogen and oxygen atoms in total. The second kappa shape index (κ2) is 6.62. The van der Waals surface area contributed by atoms with Gasteiger partial charge < -0.3 is 10.6 Å². The summed E-state index contributed by atoms with van der Waals surface area (Å²) in [5, 5.41) is 14.3. The van der Waals surface area contributed by atoms with Crippen LogP contribution in [0, 0.1) is 26.6 Å². The van der Waals surface area contributed by atoms with Gasteiger partial charge in [0, 0.05) is 11.4 Å². The van der Waals surface area contributed by atoms with Crippen LogP contribution in [0.4, 0.5) is 27.5 Å². The molecule has 0 unspecified atom stereocenters. The molecule has 0 bridgehead atoms. The molecule has 0 radical (unpaired) electrons. The SMILES string of the molecule is Cc1cc(C)c(Nc2nncc(Nc3ccc(F)cc3)n2)c(C)c1. The third kappa shape index (κ3) is 3.65. The van der Waals surface area contributed by atoms with E-state index in [0.717, 1.165) is 22.5 Å². The molecule has 3 rings (SSSR count). The average molecular weight is 323 g/mol. The van der Waals surface area contributed by atoms with Gasteiger partial charge in [0.25, 0.3) is 0 Å². The summed E-state index contributed by atoms with van der Waals surface area (Å²) in [6.45, 7) is 6.14. The number of nitrogens with zero attached hydrogens (tertiary/aromatic N) is 3. The van der Waals surface area contributed by atoms with Gasteiger partial charge in [0.05, 0.1) is 6.20 Å². The standard InChI is InChI=1S/C18H18FN5/c1-11-8-12(2)17(13(3)9-11)23-18-22-16(10-20-24-18)21-15-6-4-14(19)5-7-15/h4-10H,1-3H3,(H2,21,22,23,24). The van der Waals surface area contributed by atoms with Crippen LogP contribution in [0.2, 0.25) is 0 Å². The molecule has 2 aromatic carbocycles. The molecule has 1 aromatic heterocycles. The Morgan fingerprint density at radius 2 is 1.58 bits per heavy atom. The number of rotatable bonds is 4. The number of hydrogen-bond donors (Lipinski definition) is 2. The molecule has 0 fully saturated rings. The summed E-state index contributed by atoms with van der Waals surface area (Å²) >= 11 is 0. The zero-order valence-electron chi connectivity index (χ0n) is 13.8. The zero-order chi connectivity index (χ0) is 17.1. The van der Waals surface area contributed by atoms with Crippen molar-refractivity contribution in [1.82, 2.24) is 15.2 Å². The van der Waals surface area contributed by atoms with E-state index < -0.39 is 0 Å². The molecule has 0 atom stereocenters. The van der Waals surface area contributed by atoms with Crippen LogP contribution in [0.5, 0.6) is 0 Å². The Morgan fingerprint density at radius 3 is 2.25 bits per heavy atom. The molecule has 2 N–H and O–H groups in total. The highest BCUT2D eigenvalue weighted by Crippen LogP contribution is 2.24. The van der Waals surface area contributed by atoms with E-state index in [1.807, 2.05) is 13.8 Å². The molecular weight excluding hydrogens is 305 g/mol. The smallest absolute Gasteiger partial charge is 0.249 e. The van der Waals surface area contributed by atoms with Crippen molar-refractivity contribution >= 4 is 23.1 Å². The summed E-state index contributed by atoms with van der Waals surface area (Å²) < 4.78 is 13.0. The van der Waals surface area contributed by atoms with E-state index in [-0.39, 0.29) is 5.82 Å². The van der Waals surface area contributed by atoms with Crippen LogP contribution >= 0.6 is 0 Å². The van der Waals surface area contributed by atoms with E-state index in [0.29, 0.717) is 11.8 Å². The topological polar surface area (TPSA) is 62.7 Å². The number of anilines is 4. The minimum absolute atomic E-state index is 0.283. The molecule has 1 heterocycles. The minimum atomic E-state index is -0.283. The van der Waals surface area contributed by atoms with Crippen LogP contribution in [0.25, 0.3) is 0 Å². The Morgan fingerprint density at radius 1 is 0.917 bits per heavy atom. The molecule has 0 aliphatic heterocycles. The van der Waals surface area contributed by atoms with E-state index in [2.05, 4.69) is 44.9 Å². The first kappa shape index (κ1) is 15.9. The van der Waals surface area contributed by atoms with Crippen LogP contribution in [0.1, 0.15) is 16.7 Å². The fourth-order valence-electron chi connectivity index (χ4n) is 2.59. The maximum absolute atomic E-state index is 13.0. The first-order valence-electron chi connectivity index (χ1n) is 7.58. The monoisotopic (exact) mass is 323 g/mol. The van der Waals surface area contributed by atoms with Crippen molar-refractivity contribution in [2.75, 3.05) is 10.6 Å². The Balaban J connectivity index is 1.82. The Kier molecular flexibility index (Phi) is 4.37. The molecule has 0 saturated heterocycles. The van der Waals surface area contributed by atoms with Crippen molar-refractivity contribution < 1.29 is 4.39 Å². The van der Waals surface area contributed by atoms with Gasteiger partial charge >= 0.3 is 0 Å². The second-order valence-corrected chi connectivity index (χ2v) is 5.70. The van der Waals surface area contributed by atoms with Gasteiger partial charge in [-0.2, -0.15) is 10.1 Å². The second-order valence-electron chi connectivity index (χ2n) is 5.70. The third-order valence-corrected chi connectivity index (χ3v) is 3.59. The molecule has 24 heavy (non-hydrogen) atoms. The predicted molar refractivity (Wildman–Crippen MR) is 93.4 cm³/mol. The normalized spacial score (nSPS) is 10.5. The molecule has 0 aliphatic rings. The Hall–Kier alpha value is -3.02. The lowest BCUT2D eigenvalue weighted by Crippen LogP contribution is -2.04. The van der Waals surface area contributed by atoms with Crippen molar-refractivity contribution in [2.45, 2.75) is 20.8 Å². The average Bonchev–Trinajstić information content (AvgIpc) is 2.53. The van der Waals surface area contributed by atoms with E-state index in [1.165, 1.54) is 23.9 Å². The van der Waals surface area contributed by atoms with Gasteiger partial charge in [-0.1, -0.05) is 17.7 Å². The lowest BCUT2D eigenvalue weighted by atomic mass is 10.1. The van der Waals surface area contributed by atoms with Crippen molar-refractivity contribution in [1.29, 1.82) is 0 Å². The molecule has 3 aromatic rings. The van der Waals surface area contributed by atoms with Crippen LogP contribution < -0.4 is 10.6 Å². The van der Waals surface area contributed by atoms with Gasteiger partial charge in [0.15, 0.2) is 5.82 Å². The lowest BCUT2D eigenvalue weighted by molar-refractivity contribution is 0.628. The number of aromatic nitrogens is 3. The van der Waals surface area contributed by atoms with E-state index in [9.17, 15) is 4.39 Å². The summed E-state index contributed by atoms with van der Waals surface area (Å²) in [6, 6.07) is 10.2. The van der Waals surface area contributed by atoms with Crippen LogP contribution in [0.15, 0.2) is 42.6 Å². The summed E-state index contributed by atoms with van der Waals surface area (Å²) in [5.41, 5.74) is 5.15. The van der Waals surface area contributed by atoms with E-state index in [1.54, 1.807) is 12.1 Å². The van der Waals surface area contributed by atoms with Gasteiger partial charge in [-0.3, -0.25) is 0 Å². The van der Waals surface area contributed by atoms with E-state index in [4.69, 9.17) is 0 Å². The van der Waals surface area contributed by atoms with Crippen LogP contribution in [0.3, 0.4) is 0 Å². The maximum Gasteiger partial charge on any atom is 0.249 e. The molecule has 122 valence electrons. The summed E-state index contributed by atoms with van der Waals surface area (Å²) in [6.07, 6.45) is 1.52. The van der Waals surface area contributed by atoms with Gasteiger partial charge in [-0.25, -0.2) is 4.39 Å². The molecule has 0 aliphatic carbocycles. The Labute approximate surface area is 140 Å². The van der Waals surface area contributed by atoms with Crippen LogP contribution in [-0.2, 0) is 0 Å². The van der Waals surface area contributed by atoms with E-state index >= 15 is 0 Å². The highest BCUT2D eigenvalue weighted by atomic mass is 19.1. The largest absolute Gasteiger partial charge is 0.339 e. The third-order valence-electron chi connectivity index (χ3n) is 3.59. The molecule has 0 amide bonds. The molecular formula is C18H18FN5. The summed E-state index contributed by atoms with van der Waals surface area (Å²) in [7, 11) is 0. The predicted octanol–water partition coefficient (Wildman–Crippen LogP) is 4.42. The highest BCUT2D eigenvalue weighted by molar-refractivity contribution is 5.64. The van der Waals surface area contributed by atoms with Crippen LogP contribution in [-0.4, -0.2) is 15.2 Å². The quantitative estimate of drug-likeness (QED) is 0.744. The lowest BCUT2D eigenvalue weighted by Gasteiger charge is -2.13. The van der Waals surface area contributed by atoms with Gasteiger partial charge in [-0.15, -0.1) is 5.10 Å². The Bertz CT molecular complexity index is 839. The number of hydrogen-bond acceptors (Lipinski definition) is 5. The fourth-order valence-corrected chi connectivity index (χ4v) is 2.59.